The van der Waals surface area contributed by atoms with Crippen molar-refractivity contribution in [1.29, 1.82) is 0 Å². The van der Waals surface area contributed by atoms with Gasteiger partial charge in [-0.25, -0.2) is 4.39 Å². The van der Waals surface area contributed by atoms with E-state index in [0.29, 0.717) is 5.92 Å². The molecule has 2 aromatic carbocycles. The second kappa shape index (κ2) is 9.75. The van der Waals surface area contributed by atoms with Crippen molar-refractivity contribution < 1.29 is 4.39 Å². The molecule has 0 heterocycles. The van der Waals surface area contributed by atoms with Crippen molar-refractivity contribution in [2.45, 2.75) is 65.2 Å². The minimum absolute atomic E-state index is 0.0817. The summed E-state index contributed by atoms with van der Waals surface area (Å²) in [6, 6.07) is 14.3. The van der Waals surface area contributed by atoms with Crippen molar-refractivity contribution in [2.24, 2.45) is 11.8 Å². The summed E-state index contributed by atoms with van der Waals surface area (Å²) in [5, 5.41) is 0. The first kappa shape index (κ1) is 19.7. The van der Waals surface area contributed by atoms with Crippen LogP contribution in [0.2, 0.25) is 0 Å². The lowest BCUT2D eigenvalue weighted by Gasteiger charge is -2.25. The fourth-order valence-corrected chi connectivity index (χ4v) is 4.23. The van der Waals surface area contributed by atoms with E-state index in [1.807, 2.05) is 19.1 Å². The van der Waals surface area contributed by atoms with Gasteiger partial charge in [-0.15, -0.1) is 11.8 Å². The SMILES string of the molecule is CC#C[C@H]1CC[C@H](CCc2ccc(-c3ccc(CCC)c(F)c3)cc2)CC1. The summed E-state index contributed by atoms with van der Waals surface area (Å²) in [4.78, 5) is 0. The minimum Gasteiger partial charge on any atom is -0.207 e. The molecular weight excluding hydrogens is 331 g/mol. The Morgan fingerprint density at radius 2 is 1.63 bits per heavy atom. The van der Waals surface area contributed by atoms with Gasteiger partial charge >= 0.3 is 0 Å². The Kier molecular flexibility index (Phi) is 7.11. The standard InChI is InChI=1S/C26H31F/c1-3-5-20-7-9-21(10-8-20)11-12-22-13-15-23(16-14-22)25-18-17-24(6-4-2)26(27)19-25/h13-21H,4,6-12H2,1-2H3/t20-,21-. The maximum absolute atomic E-state index is 14.2. The van der Waals surface area contributed by atoms with Gasteiger partial charge in [0, 0.05) is 5.92 Å². The Morgan fingerprint density at radius 3 is 2.26 bits per heavy atom. The van der Waals surface area contributed by atoms with Crippen LogP contribution in [-0.4, -0.2) is 0 Å². The van der Waals surface area contributed by atoms with Gasteiger partial charge < -0.3 is 0 Å². The van der Waals surface area contributed by atoms with Gasteiger partial charge in [0.25, 0.3) is 0 Å². The van der Waals surface area contributed by atoms with Gasteiger partial charge in [0.2, 0.25) is 0 Å². The van der Waals surface area contributed by atoms with Crippen LogP contribution in [0.25, 0.3) is 11.1 Å². The highest BCUT2D eigenvalue weighted by Crippen LogP contribution is 2.31. The van der Waals surface area contributed by atoms with E-state index in [4.69, 9.17) is 0 Å². The number of halogens is 1. The van der Waals surface area contributed by atoms with E-state index in [9.17, 15) is 4.39 Å². The molecule has 1 fully saturated rings. The van der Waals surface area contributed by atoms with E-state index >= 15 is 0 Å². The van der Waals surface area contributed by atoms with Gasteiger partial charge in [0.15, 0.2) is 0 Å². The van der Waals surface area contributed by atoms with Crippen LogP contribution in [0.4, 0.5) is 4.39 Å². The van der Waals surface area contributed by atoms with E-state index in [0.717, 1.165) is 41.9 Å². The Balaban J connectivity index is 1.54. The zero-order valence-corrected chi connectivity index (χ0v) is 16.7. The summed E-state index contributed by atoms with van der Waals surface area (Å²) in [7, 11) is 0. The van der Waals surface area contributed by atoms with Gasteiger partial charge in [0.05, 0.1) is 0 Å². The molecule has 0 amide bonds. The molecule has 0 atom stereocenters. The normalized spacial score (nSPS) is 19.4. The monoisotopic (exact) mass is 362 g/mol. The van der Waals surface area contributed by atoms with E-state index in [1.54, 1.807) is 6.07 Å². The highest BCUT2D eigenvalue weighted by molar-refractivity contribution is 5.64. The highest BCUT2D eigenvalue weighted by atomic mass is 19.1. The Labute approximate surface area is 164 Å². The average Bonchev–Trinajstić information content (AvgIpc) is 2.70. The van der Waals surface area contributed by atoms with Gasteiger partial charge in [-0.1, -0.05) is 49.7 Å². The molecule has 0 bridgehead atoms. The van der Waals surface area contributed by atoms with Crippen LogP contribution in [0.1, 0.15) is 63.5 Å². The molecule has 0 nitrogen and oxygen atoms in total. The molecule has 1 heteroatoms. The molecule has 1 aliphatic rings. The van der Waals surface area contributed by atoms with Gasteiger partial charge in [0.1, 0.15) is 5.82 Å². The molecule has 3 rings (SSSR count). The van der Waals surface area contributed by atoms with E-state index < -0.39 is 0 Å². The lowest BCUT2D eigenvalue weighted by Crippen LogP contribution is -2.14. The first-order chi connectivity index (χ1) is 13.2. The van der Waals surface area contributed by atoms with Crippen LogP contribution in [0, 0.1) is 29.5 Å². The molecule has 1 aliphatic carbocycles. The third-order valence-electron chi connectivity index (χ3n) is 5.90. The lowest BCUT2D eigenvalue weighted by molar-refractivity contribution is 0.302. The Hall–Kier alpha value is -2.07. The van der Waals surface area contributed by atoms with E-state index in [2.05, 4.69) is 43.0 Å². The quantitative estimate of drug-likeness (QED) is 0.476. The summed E-state index contributed by atoms with van der Waals surface area (Å²) in [5.74, 6) is 7.81. The van der Waals surface area contributed by atoms with Crippen LogP contribution >= 0.6 is 0 Å². The topological polar surface area (TPSA) is 0 Å². The largest absolute Gasteiger partial charge is 0.207 e. The maximum Gasteiger partial charge on any atom is 0.127 e. The molecule has 142 valence electrons. The molecule has 0 aliphatic heterocycles. The summed E-state index contributed by atoms with van der Waals surface area (Å²) in [6.45, 7) is 4.03. The molecule has 27 heavy (non-hydrogen) atoms. The molecule has 0 radical (unpaired) electrons. The van der Waals surface area contributed by atoms with Crippen molar-refractivity contribution >= 4 is 0 Å². The van der Waals surface area contributed by atoms with Crippen LogP contribution in [0.3, 0.4) is 0 Å². The predicted octanol–water partition coefficient (Wildman–Crippen LogP) is 7.21. The molecule has 0 spiro atoms. The third-order valence-corrected chi connectivity index (χ3v) is 5.90. The third kappa shape index (κ3) is 5.46. The number of rotatable bonds is 6. The number of hydrogen-bond acceptors (Lipinski definition) is 0. The molecule has 0 unspecified atom stereocenters. The fourth-order valence-electron chi connectivity index (χ4n) is 4.23. The zero-order chi connectivity index (χ0) is 19.1. The molecule has 0 saturated heterocycles. The van der Waals surface area contributed by atoms with Crippen molar-refractivity contribution in [2.75, 3.05) is 0 Å². The lowest BCUT2D eigenvalue weighted by atomic mass is 9.80. The van der Waals surface area contributed by atoms with Crippen LogP contribution in [0.15, 0.2) is 42.5 Å². The first-order valence-corrected chi connectivity index (χ1v) is 10.5. The van der Waals surface area contributed by atoms with E-state index in [1.165, 1.54) is 37.7 Å². The smallest absolute Gasteiger partial charge is 0.127 e. The van der Waals surface area contributed by atoms with Gasteiger partial charge in [-0.2, -0.15) is 0 Å². The Bertz CT molecular complexity index is 783. The minimum atomic E-state index is -0.0817. The Morgan fingerprint density at radius 1 is 0.926 bits per heavy atom. The van der Waals surface area contributed by atoms with Gasteiger partial charge in [-0.05, 0) is 86.1 Å². The number of hydrogen-bond donors (Lipinski definition) is 0. The van der Waals surface area contributed by atoms with Crippen molar-refractivity contribution in [3.63, 3.8) is 0 Å². The van der Waals surface area contributed by atoms with Crippen molar-refractivity contribution in [3.05, 3.63) is 59.4 Å². The fraction of sp³-hybridized carbons (Fsp3) is 0.462. The second-order valence-corrected chi connectivity index (χ2v) is 7.90. The molecule has 0 aromatic heterocycles. The molecule has 0 N–H and O–H groups in total. The first-order valence-electron chi connectivity index (χ1n) is 10.5. The molecular formula is C26H31F. The van der Waals surface area contributed by atoms with Crippen LogP contribution in [-0.2, 0) is 12.8 Å². The van der Waals surface area contributed by atoms with Crippen molar-refractivity contribution in [3.8, 4) is 23.0 Å². The van der Waals surface area contributed by atoms with Crippen LogP contribution in [0.5, 0.6) is 0 Å². The summed E-state index contributed by atoms with van der Waals surface area (Å²) >= 11 is 0. The predicted molar refractivity (Wildman–Crippen MR) is 113 cm³/mol. The maximum atomic E-state index is 14.2. The van der Waals surface area contributed by atoms with Crippen LogP contribution < -0.4 is 0 Å². The summed E-state index contributed by atoms with van der Waals surface area (Å²) in [5.41, 5.74) is 4.27. The van der Waals surface area contributed by atoms with E-state index in [-0.39, 0.29) is 5.82 Å². The second-order valence-electron chi connectivity index (χ2n) is 7.90. The highest BCUT2D eigenvalue weighted by Gasteiger charge is 2.19. The number of aryl methyl sites for hydroxylation is 2. The van der Waals surface area contributed by atoms with Gasteiger partial charge in [-0.3, -0.25) is 0 Å². The average molecular weight is 363 g/mol. The van der Waals surface area contributed by atoms with Crippen molar-refractivity contribution in [1.82, 2.24) is 0 Å². The number of benzene rings is 2. The summed E-state index contributed by atoms with van der Waals surface area (Å²) < 4.78 is 14.2. The molecule has 2 aromatic rings. The molecule has 1 saturated carbocycles. The zero-order valence-electron chi connectivity index (χ0n) is 16.7. The summed E-state index contributed by atoms with van der Waals surface area (Å²) in [6.07, 6.45) is 9.36.